The Morgan fingerprint density at radius 2 is 2.00 bits per heavy atom. The van der Waals surface area contributed by atoms with Crippen LogP contribution >= 0.6 is 0 Å². The standard InChI is InChI=1S/C13H14N2O3/c1-2-6-11(13(17)18)15-12(16)9-14-10-7-4-3-5-8-10/h1,3-5,7-8,11,14H,6,9H2,(H,15,16)(H,17,18). The first kappa shape index (κ1) is 13.6. The van der Waals surface area contributed by atoms with Gasteiger partial charge in [0.1, 0.15) is 6.04 Å². The molecule has 0 saturated heterocycles. The molecule has 1 amide bonds. The molecule has 94 valence electrons. The van der Waals surface area contributed by atoms with Crippen LogP contribution < -0.4 is 10.6 Å². The van der Waals surface area contributed by atoms with E-state index in [2.05, 4.69) is 16.6 Å². The van der Waals surface area contributed by atoms with Crippen LogP contribution in [0.1, 0.15) is 6.42 Å². The first-order valence-corrected chi connectivity index (χ1v) is 5.38. The Hall–Kier alpha value is -2.48. The molecule has 0 saturated carbocycles. The van der Waals surface area contributed by atoms with Crippen LogP contribution in [0.15, 0.2) is 30.3 Å². The normalized spacial score (nSPS) is 11.1. The van der Waals surface area contributed by atoms with Gasteiger partial charge in [-0.15, -0.1) is 12.3 Å². The summed E-state index contributed by atoms with van der Waals surface area (Å²) in [6, 6.07) is 8.10. The van der Waals surface area contributed by atoms with Crippen molar-refractivity contribution < 1.29 is 14.7 Å². The third-order valence-corrected chi connectivity index (χ3v) is 2.18. The van der Waals surface area contributed by atoms with Gasteiger partial charge in [-0.05, 0) is 12.1 Å². The molecule has 5 heteroatoms. The molecule has 1 aromatic rings. The van der Waals surface area contributed by atoms with Gasteiger partial charge in [0.25, 0.3) is 0 Å². The lowest BCUT2D eigenvalue weighted by atomic mass is 10.2. The summed E-state index contributed by atoms with van der Waals surface area (Å²) in [5, 5.41) is 14.0. The van der Waals surface area contributed by atoms with Gasteiger partial charge in [-0.2, -0.15) is 0 Å². The van der Waals surface area contributed by atoms with Crippen molar-refractivity contribution >= 4 is 17.6 Å². The van der Waals surface area contributed by atoms with Crippen LogP contribution in [0.25, 0.3) is 0 Å². The van der Waals surface area contributed by atoms with Gasteiger partial charge in [0.2, 0.25) is 5.91 Å². The topological polar surface area (TPSA) is 78.4 Å². The number of hydrogen-bond donors (Lipinski definition) is 3. The van der Waals surface area contributed by atoms with Gasteiger partial charge in [-0.25, -0.2) is 4.79 Å². The van der Waals surface area contributed by atoms with Crippen LogP contribution in [0.5, 0.6) is 0 Å². The summed E-state index contributed by atoms with van der Waals surface area (Å²) in [6.07, 6.45) is 4.99. The van der Waals surface area contributed by atoms with E-state index in [9.17, 15) is 9.59 Å². The zero-order chi connectivity index (χ0) is 13.4. The molecule has 0 fully saturated rings. The number of carboxylic acids is 1. The first-order chi connectivity index (χ1) is 8.63. The maximum Gasteiger partial charge on any atom is 0.327 e. The van der Waals surface area contributed by atoms with Crippen LogP contribution in [0.4, 0.5) is 5.69 Å². The minimum atomic E-state index is -1.14. The number of hydrogen-bond acceptors (Lipinski definition) is 3. The van der Waals surface area contributed by atoms with Crippen molar-refractivity contribution in [3.8, 4) is 12.3 Å². The minimum Gasteiger partial charge on any atom is -0.480 e. The zero-order valence-corrected chi connectivity index (χ0v) is 9.72. The molecule has 0 aliphatic heterocycles. The fourth-order valence-electron chi connectivity index (χ4n) is 1.30. The second-order valence-corrected chi connectivity index (χ2v) is 3.59. The van der Waals surface area contributed by atoms with Gasteiger partial charge in [0.15, 0.2) is 0 Å². The summed E-state index contributed by atoms with van der Waals surface area (Å²) in [4.78, 5) is 22.3. The van der Waals surface area contributed by atoms with Gasteiger partial charge < -0.3 is 15.7 Å². The molecule has 1 atom stereocenters. The molecule has 0 bridgehead atoms. The highest BCUT2D eigenvalue weighted by Crippen LogP contribution is 2.03. The van der Waals surface area contributed by atoms with Crippen molar-refractivity contribution in [1.29, 1.82) is 0 Å². The van der Waals surface area contributed by atoms with Crippen LogP contribution in [0, 0.1) is 12.3 Å². The van der Waals surface area contributed by atoms with Crippen LogP contribution in [0.3, 0.4) is 0 Å². The van der Waals surface area contributed by atoms with Gasteiger partial charge in [0.05, 0.1) is 6.54 Å². The molecule has 0 radical (unpaired) electrons. The first-order valence-electron chi connectivity index (χ1n) is 5.38. The predicted octanol–water partition coefficient (Wildman–Crippen LogP) is 0.691. The number of nitrogens with one attached hydrogen (secondary N) is 2. The minimum absolute atomic E-state index is 0.00162. The monoisotopic (exact) mass is 246 g/mol. The SMILES string of the molecule is C#CCC(NC(=O)CNc1ccccc1)C(=O)O. The van der Waals surface area contributed by atoms with Crippen LogP contribution in [0.2, 0.25) is 0 Å². The average Bonchev–Trinajstić information content (AvgIpc) is 2.37. The van der Waals surface area contributed by atoms with Gasteiger partial charge in [-0.1, -0.05) is 18.2 Å². The molecule has 5 nitrogen and oxygen atoms in total. The second kappa shape index (κ2) is 6.97. The van der Waals surface area contributed by atoms with Crippen molar-refractivity contribution in [1.82, 2.24) is 5.32 Å². The summed E-state index contributed by atoms with van der Waals surface area (Å²) in [7, 11) is 0. The quantitative estimate of drug-likeness (QED) is 0.645. The smallest absolute Gasteiger partial charge is 0.327 e. The molecule has 1 aromatic carbocycles. The fraction of sp³-hybridized carbons (Fsp3) is 0.231. The Kier molecular flexibility index (Phi) is 5.26. The van der Waals surface area contributed by atoms with Crippen molar-refractivity contribution in [2.24, 2.45) is 0 Å². The number of terminal acetylenes is 1. The van der Waals surface area contributed by atoms with E-state index in [0.717, 1.165) is 5.69 Å². The van der Waals surface area contributed by atoms with E-state index in [-0.39, 0.29) is 13.0 Å². The molecule has 1 unspecified atom stereocenters. The lowest BCUT2D eigenvalue weighted by Crippen LogP contribution is -2.43. The Morgan fingerprint density at radius 3 is 2.56 bits per heavy atom. The highest BCUT2D eigenvalue weighted by Gasteiger charge is 2.18. The number of carboxylic acid groups (broad SMARTS) is 1. The Balaban J connectivity index is 2.42. The second-order valence-electron chi connectivity index (χ2n) is 3.59. The van der Waals surface area contributed by atoms with Crippen molar-refractivity contribution in [2.45, 2.75) is 12.5 Å². The van der Waals surface area contributed by atoms with Crippen molar-refractivity contribution in [3.63, 3.8) is 0 Å². The largest absolute Gasteiger partial charge is 0.480 e. The van der Waals surface area contributed by atoms with E-state index in [1.807, 2.05) is 30.3 Å². The number of rotatable bonds is 6. The van der Waals surface area contributed by atoms with E-state index >= 15 is 0 Å². The number of amides is 1. The molecule has 18 heavy (non-hydrogen) atoms. The molecular formula is C13H14N2O3. The van der Waals surface area contributed by atoms with E-state index in [1.165, 1.54) is 0 Å². The van der Waals surface area contributed by atoms with E-state index < -0.39 is 17.9 Å². The van der Waals surface area contributed by atoms with Crippen LogP contribution in [-0.4, -0.2) is 29.6 Å². The highest BCUT2D eigenvalue weighted by molar-refractivity contribution is 5.86. The van der Waals surface area contributed by atoms with Crippen LogP contribution in [-0.2, 0) is 9.59 Å². The molecule has 0 heterocycles. The average molecular weight is 246 g/mol. The Labute approximate surface area is 105 Å². The Morgan fingerprint density at radius 1 is 1.33 bits per heavy atom. The lowest BCUT2D eigenvalue weighted by molar-refractivity contribution is -0.141. The van der Waals surface area contributed by atoms with Gasteiger partial charge in [0, 0.05) is 12.1 Å². The lowest BCUT2D eigenvalue weighted by Gasteiger charge is -2.12. The maximum absolute atomic E-state index is 11.5. The highest BCUT2D eigenvalue weighted by atomic mass is 16.4. The molecule has 3 N–H and O–H groups in total. The van der Waals surface area contributed by atoms with E-state index in [1.54, 1.807) is 0 Å². The summed E-state index contributed by atoms with van der Waals surface area (Å²) >= 11 is 0. The third kappa shape index (κ3) is 4.58. The van der Waals surface area contributed by atoms with E-state index in [0.29, 0.717) is 0 Å². The summed E-state index contributed by atoms with van der Waals surface area (Å²) < 4.78 is 0. The maximum atomic E-state index is 11.5. The van der Waals surface area contributed by atoms with Crippen molar-refractivity contribution in [2.75, 3.05) is 11.9 Å². The fourth-order valence-corrected chi connectivity index (χ4v) is 1.30. The predicted molar refractivity (Wildman–Crippen MR) is 67.9 cm³/mol. The summed E-state index contributed by atoms with van der Waals surface area (Å²) in [6.45, 7) is -0.00162. The molecule has 0 aliphatic carbocycles. The molecule has 1 rings (SSSR count). The Bertz CT molecular complexity index is 451. The summed E-state index contributed by atoms with van der Waals surface area (Å²) in [5.74, 6) is 0.659. The van der Waals surface area contributed by atoms with Crippen molar-refractivity contribution in [3.05, 3.63) is 30.3 Å². The molecule has 0 aromatic heterocycles. The number of para-hydroxylation sites is 1. The number of anilines is 1. The van der Waals surface area contributed by atoms with E-state index in [4.69, 9.17) is 11.5 Å². The van der Waals surface area contributed by atoms with Gasteiger partial charge >= 0.3 is 5.97 Å². The number of aliphatic carboxylic acids is 1. The number of carbonyl (C=O) groups excluding carboxylic acids is 1. The molecular weight excluding hydrogens is 232 g/mol. The third-order valence-electron chi connectivity index (χ3n) is 2.18. The number of benzene rings is 1. The summed E-state index contributed by atoms with van der Waals surface area (Å²) in [5.41, 5.74) is 0.788. The molecule has 0 spiro atoms. The zero-order valence-electron chi connectivity index (χ0n) is 9.72. The number of carbonyl (C=O) groups is 2. The molecule has 0 aliphatic rings. The van der Waals surface area contributed by atoms with Gasteiger partial charge in [-0.3, -0.25) is 4.79 Å².